The van der Waals surface area contributed by atoms with Crippen molar-refractivity contribution in [2.75, 3.05) is 13.6 Å². The SMILES string of the molecule is CCCC(C(=O)N(C)CC(C)O)C(N)=NO. The summed E-state index contributed by atoms with van der Waals surface area (Å²) >= 11 is 0. The van der Waals surface area contributed by atoms with E-state index in [2.05, 4.69) is 5.16 Å². The van der Waals surface area contributed by atoms with Gasteiger partial charge in [-0.2, -0.15) is 0 Å². The lowest BCUT2D eigenvalue weighted by Gasteiger charge is -2.23. The lowest BCUT2D eigenvalue weighted by atomic mass is 10.0. The Labute approximate surface area is 95.7 Å². The van der Waals surface area contributed by atoms with Gasteiger partial charge >= 0.3 is 0 Å². The van der Waals surface area contributed by atoms with E-state index >= 15 is 0 Å². The number of likely N-dealkylation sites (N-methyl/N-ethyl adjacent to an activating group) is 1. The van der Waals surface area contributed by atoms with E-state index in [-0.39, 0.29) is 18.3 Å². The smallest absolute Gasteiger partial charge is 0.233 e. The zero-order chi connectivity index (χ0) is 12.7. The topological polar surface area (TPSA) is 99.2 Å². The van der Waals surface area contributed by atoms with E-state index in [0.717, 1.165) is 6.42 Å². The fourth-order valence-electron chi connectivity index (χ4n) is 1.51. The van der Waals surface area contributed by atoms with Crippen LogP contribution in [0.5, 0.6) is 0 Å². The normalized spacial score (nSPS) is 15.6. The molecule has 0 radical (unpaired) electrons. The number of nitrogens with two attached hydrogens (primary N) is 1. The molecular formula is C10H21N3O3. The number of hydrogen-bond donors (Lipinski definition) is 3. The molecule has 2 atom stereocenters. The predicted molar refractivity (Wildman–Crippen MR) is 61.1 cm³/mol. The zero-order valence-corrected chi connectivity index (χ0v) is 10.1. The molecule has 0 aliphatic rings. The summed E-state index contributed by atoms with van der Waals surface area (Å²) in [7, 11) is 1.59. The number of amidine groups is 1. The van der Waals surface area contributed by atoms with Gasteiger partial charge in [-0.25, -0.2) is 0 Å². The Hall–Kier alpha value is -1.30. The highest BCUT2D eigenvalue weighted by Crippen LogP contribution is 2.10. The Kier molecular flexibility index (Phi) is 6.48. The minimum atomic E-state index is -0.612. The largest absolute Gasteiger partial charge is 0.409 e. The van der Waals surface area contributed by atoms with E-state index in [1.165, 1.54) is 4.90 Å². The number of aliphatic hydroxyl groups excluding tert-OH is 1. The Bertz CT molecular complexity index is 254. The minimum absolute atomic E-state index is 0.0794. The second-order valence-electron chi connectivity index (χ2n) is 3.93. The van der Waals surface area contributed by atoms with Gasteiger partial charge in [0.1, 0.15) is 0 Å². The molecule has 0 saturated heterocycles. The maximum atomic E-state index is 11.9. The van der Waals surface area contributed by atoms with Crippen LogP contribution in [0.2, 0.25) is 0 Å². The van der Waals surface area contributed by atoms with Crippen molar-refractivity contribution in [1.29, 1.82) is 0 Å². The number of rotatable bonds is 6. The average Bonchev–Trinajstić information content (AvgIpc) is 2.23. The van der Waals surface area contributed by atoms with Crippen molar-refractivity contribution in [2.45, 2.75) is 32.8 Å². The Morgan fingerprint density at radius 2 is 2.12 bits per heavy atom. The maximum absolute atomic E-state index is 11.9. The lowest BCUT2D eigenvalue weighted by Crippen LogP contribution is -2.42. The summed E-state index contributed by atoms with van der Waals surface area (Å²) in [6.07, 6.45) is 0.692. The van der Waals surface area contributed by atoms with E-state index in [0.29, 0.717) is 6.42 Å². The van der Waals surface area contributed by atoms with Crippen LogP contribution in [0.15, 0.2) is 5.16 Å². The van der Waals surface area contributed by atoms with E-state index in [1.54, 1.807) is 14.0 Å². The van der Waals surface area contributed by atoms with E-state index in [1.807, 2.05) is 6.92 Å². The average molecular weight is 231 g/mol. The van der Waals surface area contributed by atoms with Crippen LogP contribution in [-0.2, 0) is 4.79 Å². The quantitative estimate of drug-likeness (QED) is 0.259. The van der Waals surface area contributed by atoms with Crippen molar-refractivity contribution in [2.24, 2.45) is 16.8 Å². The Morgan fingerprint density at radius 3 is 2.50 bits per heavy atom. The molecule has 0 aliphatic carbocycles. The van der Waals surface area contributed by atoms with Crippen molar-refractivity contribution in [3.8, 4) is 0 Å². The molecule has 0 saturated carbocycles. The standard InChI is InChI=1S/C10H21N3O3/c1-4-5-8(9(11)12-16)10(15)13(3)6-7(2)14/h7-8,14,16H,4-6H2,1-3H3,(H2,11,12). The molecule has 16 heavy (non-hydrogen) atoms. The van der Waals surface area contributed by atoms with Crippen LogP contribution in [0.4, 0.5) is 0 Å². The highest BCUT2D eigenvalue weighted by Gasteiger charge is 2.25. The van der Waals surface area contributed by atoms with Crippen LogP contribution >= 0.6 is 0 Å². The van der Waals surface area contributed by atoms with Gasteiger partial charge in [0.05, 0.1) is 12.0 Å². The summed E-state index contributed by atoms with van der Waals surface area (Å²) in [4.78, 5) is 13.3. The summed E-state index contributed by atoms with van der Waals surface area (Å²) in [5.74, 6) is -0.930. The molecule has 0 fully saturated rings. The zero-order valence-electron chi connectivity index (χ0n) is 10.1. The number of oxime groups is 1. The molecule has 0 rings (SSSR count). The van der Waals surface area contributed by atoms with Gasteiger partial charge in [-0.1, -0.05) is 18.5 Å². The second-order valence-corrected chi connectivity index (χ2v) is 3.93. The first-order valence-corrected chi connectivity index (χ1v) is 5.34. The van der Waals surface area contributed by atoms with Crippen molar-refractivity contribution >= 4 is 11.7 Å². The van der Waals surface area contributed by atoms with Gasteiger partial charge < -0.3 is 20.9 Å². The van der Waals surface area contributed by atoms with E-state index in [4.69, 9.17) is 10.9 Å². The molecule has 94 valence electrons. The number of nitrogens with zero attached hydrogens (tertiary/aromatic N) is 2. The summed E-state index contributed by atoms with van der Waals surface area (Å²) in [5, 5.41) is 20.6. The first kappa shape index (κ1) is 14.7. The second kappa shape index (κ2) is 7.05. The number of carbonyl (C=O) groups excluding carboxylic acids is 1. The first-order chi connectivity index (χ1) is 7.43. The highest BCUT2D eigenvalue weighted by molar-refractivity contribution is 6.01. The fourth-order valence-corrected chi connectivity index (χ4v) is 1.51. The highest BCUT2D eigenvalue weighted by atomic mass is 16.4. The van der Waals surface area contributed by atoms with Crippen molar-refractivity contribution < 1.29 is 15.1 Å². The molecule has 0 spiro atoms. The van der Waals surface area contributed by atoms with Crippen LogP contribution in [-0.4, -0.2) is 46.7 Å². The summed E-state index contributed by atoms with van der Waals surface area (Å²) in [6, 6.07) is 0. The molecule has 0 bridgehead atoms. The van der Waals surface area contributed by atoms with Crippen LogP contribution in [0.25, 0.3) is 0 Å². The van der Waals surface area contributed by atoms with Crippen LogP contribution in [0, 0.1) is 5.92 Å². The number of hydrogen-bond acceptors (Lipinski definition) is 4. The van der Waals surface area contributed by atoms with Gasteiger partial charge in [0, 0.05) is 13.6 Å². The monoisotopic (exact) mass is 231 g/mol. The summed E-state index contributed by atoms with van der Waals surface area (Å²) in [6.45, 7) is 3.75. The Balaban J connectivity index is 4.60. The first-order valence-electron chi connectivity index (χ1n) is 5.34. The van der Waals surface area contributed by atoms with Crippen LogP contribution in [0.3, 0.4) is 0 Å². The molecule has 0 heterocycles. The Morgan fingerprint density at radius 1 is 1.56 bits per heavy atom. The van der Waals surface area contributed by atoms with Gasteiger partial charge in [0.25, 0.3) is 0 Å². The van der Waals surface area contributed by atoms with Gasteiger partial charge in [0.15, 0.2) is 5.84 Å². The molecule has 0 aromatic heterocycles. The van der Waals surface area contributed by atoms with E-state index in [9.17, 15) is 9.90 Å². The molecule has 4 N–H and O–H groups in total. The van der Waals surface area contributed by atoms with Crippen molar-refractivity contribution in [3.05, 3.63) is 0 Å². The molecule has 0 aromatic carbocycles. The fraction of sp³-hybridized carbons (Fsp3) is 0.800. The van der Waals surface area contributed by atoms with Crippen molar-refractivity contribution in [1.82, 2.24) is 4.90 Å². The lowest BCUT2D eigenvalue weighted by molar-refractivity contribution is -0.133. The van der Waals surface area contributed by atoms with Gasteiger partial charge in [-0.05, 0) is 13.3 Å². The molecule has 0 aromatic rings. The molecule has 0 aliphatic heterocycles. The molecule has 2 unspecified atom stereocenters. The van der Waals surface area contributed by atoms with Crippen LogP contribution < -0.4 is 5.73 Å². The number of amides is 1. The van der Waals surface area contributed by atoms with Gasteiger partial charge in [-0.15, -0.1) is 0 Å². The third-order valence-corrected chi connectivity index (χ3v) is 2.26. The molecule has 1 amide bonds. The molecular weight excluding hydrogens is 210 g/mol. The minimum Gasteiger partial charge on any atom is -0.409 e. The number of aliphatic hydroxyl groups is 1. The van der Waals surface area contributed by atoms with Gasteiger partial charge in [-0.3, -0.25) is 4.79 Å². The van der Waals surface area contributed by atoms with Crippen molar-refractivity contribution in [3.63, 3.8) is 0 Å². The van der Waals surface area contributed by atoms with Crippen LogP contribution in [0.1, 0.15) is 26.7 Å². The third kappa shape index (κ3) is 4.48. The summed E-state index contributed by atoms with van der Waals surface area (Å²) in [5.41, 5.74) is 5.46. The van der Waals surface area contributed by atoms with E-state index < -0.39 is 12.0 Å². The third-order valence-electron chi connectivity index (χ3n) is 2.26. The number of carbonyl (C=O) groups is 1. The molecule has 6 nitrogen and oxygen atoms in total. The summed E-state index contributed by atoms with van der Waals surface area (Å²) < 4.78 is 0. The predicted octanol–water partition coefficient (Wildman–Crippen LogP) is -0.0117. The molecule has 6 heteroatoms. The maximum Gasteiger partial charge on any atom is 0.233 e. The van der Waals surface area contributed by atoms with Gasteiger partial charge in [0.2, 0.25) is 5.91 Å².